The first-order valence-corrected chi connectivity index (χ1v) is 7.64. The Kier molecular flexibility index (Phi) is 4.74. The molecule has 0 saturated carbocycles. The number of hydrogen-bond donors (Lipinski definition) is 2. The summed E-state index contributed by atoms with van der Waals surface area (Å²) >= 11 is 1.71. The molecule has 1 heterocycles. The SMILES string of the molecule is CSCc1ccc(CNc2cc(C(=O)O)ccc2C)o1. The fourth-order valence-electron chi connectivity index (χ4n) is 1.86. The van der Waals surface area contributed by atoms with Crippen molar-refractivity contribution < 1.29 is 14.3 Å². The number of carboxylic acid groups (broad SMARTS) is 1. The minimum atomic E-state index is -0.923. The van der Waals surface area contributed by atoms with E-state index in [1.165, 1.54) is 0 Å². The van der Waals surface area contributed by atoms with Gasteiger partial charge in [0.05, 0.1) is 17.9 Å². The first-order chi connectivity index (χ1) is 9.60. The van der Waals surface area contributed by atoms with Gasteiger partial charge in [-0.05, 0) is 43.0 Å². The van der Waals surface area contributed by atoms with Crippen molar-refractivity contribution in [1.82, 2.24) is 0 Å². The molecule has 0 bridgehead atoms. The molecule has 0 unspecified atom stereocenters. The van der Waals surface area contributed by atoms with Gasteiger partial charge in [0.15, 0.2) is 0 Å². The Balaban J connectivity index is 2.05. The summed E-state index contributed by atoms with van der Waals surface area (Å²) in [6.45, 7) is 2.48. The number of hydrogen-bond acceptors (Lipinski definition) is 4. The minimum Gasteiger partial charge on any atom is -0.478 e. The van der Waals surface area contributed by atoms with E-state index in [-0.39, 0.29) is 5.56 Å². The summed E-state index contributed by atoms with van der Waals surface area (Å²) in [6, 6.07) is 8.95. The van der Waals surface area contributed by atoms with Gasteiger partial charge in [0, 0.05) is 5.69 Å². The molecule has 0 aliphatic carbocycles. The van der Waals surface area contributed by atoms with Crippen molar-refractivity contribution in [2.75, 3.05) is 11.6 Å². The zero-order valence-corrected chi connectivity index (χ0v) is 12.3. The number of thioether (sulfide) groups is 1. The van der Waals surface area contributed by atoms with Crippen LogP contribution in [0.1, 0.15) is 27.4 Å². The lowest BCUT2D eigenvalue weighted by Crippen LogP contribution is -2.03. The van der Waals surface area contributed by atoms with Crippen LogP contribution < -0.4 is 5.32 Å². The van der Waals surface area contributed by atoms with Crippen molar-refractivity contribution in [2.24, 2.45) is 0 Å². The third kappa shape index (κ3) is 3.57. The molecule has 0 aliphatic heterocycles. The fraction of sp³-hybridized carbons (Fsp3) is 0.267. The molecule has 5 heteroatoms. The number of carbonyl (C=O) groups is 1. The third-order valence-electron chi connectivity index (χ3n) is 2.94. The summed E-state index contributed by atoms with van der Waals surface area (Å²) in [7, 11) is 0. The van der Waals surface area contributed by atoms with Gasteiger partial charge in [0.2, 0.25) is 0 Å². The van der Waals surface area contributed by atoms with Crippen molar-refractivity contribution in [2.45, 2.75) is 19.2 Å². The first-order valence-electron chi connectivity index (χ1n) is 6.24. The van der Waals surface area contributed by atoms with Crippen LogP contribution in [0.15, 0.2) is 34.7 Å². The molecule has 2 aromatic rings. The van der Waals surface area contributed by atoms with Gasteiger partial charge in [-0.25, -0.2) is 4.79 Å². The molecule has 1 aromatic carbocycles. The molecule has 2 rings (SSSR count). The highest BCUT2D eigenvalue weighted by Crippen LogP contribution is 2.19. The van der Waals surface area contributed by atoms with Crippen LogP contribution in [0.25, 0.3) is 0 Å². The molecular formula is C15H17NO3S. The van der Waals surface area contributed by atoms with Gasteiger partial charge in [-0.3, -0.25) is 0 Å². The second kappa shape index (κ2) is 6.52. The molecular weight excluding hydrogens is 274 g/mol. The monoisotopic (exact) mass is 291 g/mol. The Labute approximate surface area is 122 Å². The van der Waals surface area contributed by atoms with Gasteiger partial charge in [-0.1, -0.05) is 6.07 Å². The maximum Gasteiger partial charge on any atom is 0.335 e. The minimum absolute atomic E-state index is 0.278. The molecule has 0 aliphatic rings. The van der Waals surface area contributed by atoms with Crippen LogP contribution in [0.5, 0.6) is 0 Å². The quantitative estimate of drug-likeness (QED) is 0.848. The molecule has 1 aromatic heterocycles. The zero-order valence-electron chi connectivity index (χ0n) is 11.5. The summed E-state index contributed by atoms with van der Waals surface area (Å²) in [5, 5.41) is 12.2. The normalized spacial score (nSPS) is 10.5. The van der Waals surface area contributed by atoms with Crippen LogP contribution in [0, 0.1) is 6.92 Å². The van der Waals surface area contributed by atoms with Crippen LogP contribution >= 0.6 is 11.8 Å². The lowest BCUT2D eigenvalue weighted by molar-refractivity contribution is 0.0697. The van der Waals surface area contributed by atoms with Crippen LogP contribution in [0.2, 0.25) is 0 Å². The molecule has 2 N–H and O–H groups in total. The predicted octanol–water partition coefficient (Wildman–Crippen LogP) is 3.76. The van der Waals surface area contributed by atoms with Gasteiger partial charge >= 0.3 is 5.97 Å². The number of furan rings is 1. The van der Waals surface area contributed by atoms with Gasteiger partial charge in [0.25, 0.3) is 0 Å². The second-order valence-electron chi connectivity index (χ2n) is 4.49. The highest BCUT2D eigenvalue weighted by Gasteiger charge is 2.07. The first kappa shape index (κ1) is 14.5. The molecule has 0 fully saturated rings. The van der Waals surface area contributed by atoms with Crippen LogP contribution in [0.3, 0.4) is 0 Å². The van der Waals surface area contributed by atoms with E-state index < -0.39 is 5.97 Å². The number of anilines is 1. The van der Waals surface area contributed by atoms with Gasteiger partial charge < -0.3 is 14.8 Å². The van der Waals surface area contributed by atoms with E-state index in [9.17, 15) is 4.79 Å². The molecule has 0 saturated heterocycles. The molecule has 4 nitrogen and oxygen atoms in total. The summed E-state index contributed by atoms with van der Waals surface area (Å²) in [5.41, 5.74) is 2.10. The third-order valence-corrected chi connectivity index (χ3v) is 3.51. The van der Waals surface area contributed by atoms with Crippen molar-refractivity contribution in [1.29, 1.82) is 0 Å². The average Bonchev–Trinajstić information content (AvgIpc) is 2.86. The van der Waals surface area contributed by atoms with E-state index in [1.54, 1.807) is 30.0 Å². The van der Waals surface area contributed by atoms with Crippen molar-refractivity contribution >= 4 is 23.4 Å². The van der Waals surface area contributed by atoms with E-state index >= 15 is 0 Å². The molecule has 106 valence electrons. The maximum atomic E-state index is 11.0. The summed E-state index contributed by atoms with van der Waals surface area (Å²) < 4.78 is 5.66. The van der Waals surface area contributed by atoms with Crippen LogP contribution in [0.4, 0.5) is 5.69 Å². The van der Waals surface area contributed by atoms with E-state index in [1.807, 2.05) is 25.3 Å². The highest BCUT2D eigenvalue weighted by molar-refractivity contribution is 7.97. The van der Waals surface area contributed by atoms with E-state index in [0.29, 0.717) is 6.54 Å². The van der Waals surface area contributed by atoms with Crippen molar-refractivity contribution in [3.05, 3.63) is 53.0 Å². The largest absolute Gasteiger partial charge is 0.478 e. The van der Waals surface area contributed by atoms with E-state index in [0.717, 1.165) is 28.5 Å². The predicted molar refractivity (Wildman–Crippen MR) is 81.4 cm³/mol. The lowest BCUT2D eigenvalue weighted by atomic mass is 10.1. The smallest absolute Gasteiger partial charge is 0.335 e. The average molecular weight is 291 g/mol. The molecule has 0 atom stereocenters. The van der Waals surface area contributed by atoms with Crippen LogP contribution in [-0.4, -0.2) is 17.3 Å². The Morgan fingerprint density at radius 1 is 1.30 bits per heavy atom. The Bertz CT molecular complexity index is 607. The topological polar surface area (TPSA) is 62.5 Å². The highest BCUT2D eigenvalue weighted by atomic mass is 32.2. The Hall–Kier alpha value is -1.88. The summed E-state index contributed by atoms with van der Waals surface area (Å²) in [5.74, 6) is 1.72. The molecule has 0 radical (unpaired) electrons. The second-order valence-corrected chi connectivity index (χ2v) is 5.36. The van der Waals surface area contributed by atoms with E-state index in [2.05, 4.69) is 5.32 Å². The van der Waals surface area contributed by atoms with E-state index in [4.69, 9.17) is 9.52 Å². The van der Waals surface area contributed by atoms with Gasteiger partial charge in [-0.2, -0.15) is 11.8 Å². The van der Waals surface area contributed by atoms with Crippen molar-refractivity contribution in [3.63, 3.8) is 0 Å². The summed E-state index contributed by atoms with van der Waals surface area (Å²) in [6.07, 6.45) is 2.03. The van der Waals surface area contributed by atoms with Crippen LogP contribution in [-0.2, 0) is 12.3 Å². The summed E-state index contributed by atoms with van der Waals surface area (Å²) in [4.78, 5) is 11.0. The van der Waals surface area contributed by atoms with Gasteiger partial charge in [-0.15, -0.1) is 0 Å². The Morgan fingerprint density at radius 3 is 2.75 bits per heavy atom. The Morgan fingerprint density at radius 2 is 2.05 bits per heavy atom. The molecule has 0 amide bonds. The van der Waals surface area contributed by atoms with Crippen molar-refractivity contribution in [3.8, 4) is 0 Å². The lowest BCUT2D eigenvalue weighted by Gasteiger charge is -2.09. The number of rotatable bonds is 6. The number of carboxylic acids is 1. The number of benzene rings is 1. The van der Waals surface area contributed by atoms with Gasteiger partial charge in [0.1, 0.15) is 11.5 Å². The number of nitrogens with one attached hydrogen (secondary N) is 1. The molecule has 20 heavy (non-hydrogen) atoms. The molecule has 0 spiro atoms. The fourth-order valence-corrected chi connectivity index (χ4v) is 2.30. The maximum absolute atomic E-state index is 11.0. The standard InChI is InChI=1S/C15H17NO3S/c1-10-3-4-11(15(17)18)7-14(10)16-8-12-5-6-13(19-12)9-20-2/h3-7,16H,8-9H2,1-2H3,(H,17,18). The number of aromatic carboxylic acids is 1. The number of aryl methyl sites for hydroxylation is 1. The zero-order chi connectivity index (χ0) is 14.5.